The number of aliphatic hydroxyl groups is 1. The van der Waals surface area contributed by atoms with E-state index in [1.807, 2.05) is 64.4 Å². The van der Waals surface area contributed by atoms with Crippen LogP contribution in [0.5, 0.6) is 0 Å². The number of nitrogens with one attached hydrogen (secondary N) is 1. The Balaban J connectivity index is 0.00000272. The van der Waals surface area contributed by atoms with Gasteiger partial charge in [0, 0.05) is 5.92 Å². The summed E-state index contributed by atoms with van der Waals surface area (Å²) in [4.78, 5) is 31.4. The van der Waals surface area contributed by atoms with Crippen molar-refractivity contribution < 1.29 is 14.7 Å². The van der Waals surface area contributed by atoms with Crippen molar-refractivity contribution >= 4 is 47.8 Å². The van der Waals surface area contributed by atoms with Crippen LogP contribution in [-0.4, -0.2) is 33.9 Å². The number of Topliss-reactive ketones (excluding diaryl/α,β-unsaturated/α-hetero) is 1. The van der Waals surface area contributed by atoms with E-state index in [-0.39, 0.29) is 55.4 Å². The van der Waals surface area contributed by atoms with Crippen molar-refractivity contribution in [3.63, 3.8) is 0 Å². The van der Waals surface area contributed by atoms with Crippen LogP contribution in [0.15, 0.2) is 29.8 Å². The molecule has 1 fully saturated rings. The summed E-state index contributed by atoms with van der Waals surface area (Å²) in [5.41, 5.74) is 10.7. The molecule has 33 heavy (non-hydrogen) atoms. The number of amides is 1. The summed E-state index contributed by atoms with van der Waals surface area (Å²) in [6.45, 7) is 9.65. The zero-order chi connectivity index (χ0) is 22.9. The van der Waals surface area contributed by atoms with Crippen molar-refractivity contribution in [2.24, 2.45) is 23.0 Å². The Hall–Kier alpha value is -1.51. The first-order valence-corrected chi connectivity index (χ1v) is 11.6. The number of benzene rings is 1. The van der Waals surface area contributed by atoms with Gasteiger partial charge in [-0.3, -0.25) is 9.59 Å². The number of ketones is 1. The van der Waals surface area contributed by atoms with Crippen molar-refractivity contribution in [1.82, 2.24) is 10.3 Å². The van der Waals surface area contributed by atoms with E-state index in [0.717, 1.165) is 21.7 Å². The van der Waals surface area contributed by atoms with E-state index in [0.29, 0.717) is 0 Å². The molecule has 1 unspecified atom stereocenters. The largest absolute Gasteiger partial charge is 0.393 e. The number of nitrogens with two attached hydrogens (primary N) is 1. The van der Waals surface area contributed by atoms with E-state index in [2.05, 4.69) is 10.3 Å². The minimum absolute atomic E-state index is 0. The summed E-state index contributed by atoms with van der Waals surface area (Å²) >= 11 is 1.60. The Labute approximate surface area is 212 Å². The highest BCUT2D eigenvalue weighted by Crippen LogP contribution is 2.36. The van der Waals surface area contributed by atoms with Gasteiger partial charge < -0.3 is 16.2 Å². The van der Waals surface area contributed by atoms with Crippen LogP contribution in [0.3, 0.4) is 0 Å². The van der Waals surface area contributed by atoms with Crippen LogP contribution in [0, 0.1) is 24.2 Å². The number of aryl methyl sites for hydroxylation is 1. The molecule has 1 heterocycles. The number of halogens is 2. The van der Waals surface area contributed by atoms with Crippen LogP contribution >= 0.6 is 36.2 Å². The predicted molar refractivity (Wildman–Crippen MR) is 138 cm³/mol. The molecule has 9 heteroatoms. The van der Waals surface area contributed by atoms with Crippen molar-refractivity contribution in [2.75, 3.05) is 0 Å². The fourth-order valence-electron chi connectivity index (χ4n) is 4.18. The molecule has 0 radical (unpaired) electrons. The summed E-state index contributed by atoms with van der Waals surface area (Å²) in [6, 6.07) is 7.19. The number of aliphatic hydroxyl groups excluding tert-OH is 1. The fraction of sp³-hybridized carbons (Fsp3) is 0.542. The highest BCUT2D eigenvalue weighted by atomic mass is 35.5. The van der Waals surface area contributed by atoms with Gasteiger partial charge in [0.15, 0.2) is 5.78 Å². The van der Waals surface area contributed by atoms with Crippen LogP contribution in [0.25, 0.3) is 10.4 Å². The predicted octanol–water partition coefficient (Wildman–Crippen LogP) is 4.47. The van der Waals surface area contributed by atoms with Crippen molar-refractivity contribution in [3.8, 4) is 10.4 Å². The number of rotatable bonds is 6. The minimum atomic E-state index is -0.668. The molecule has 1 aromatic heterocycles. The number of hydrogen-bond acceptors (Lipinski definition) is 6. The molecule has 184 valence electrons. The van der Waals surface area contributed by atoms with Gasteiger partial charge in [-0.15, -0.1) is 36.2 Å². The molecule has 1 aliphatic carbocycles. The average Bonchev–Trinajstić information content (AvgIpc) is 3.31. The van der Waals surface area contributed by atoms with E-state index < -0.39 is 29.4 Å². The topological polar surface area (TPSA) is 105 Å². The van der Waals surface area contributed by atoms with Gasteiger partial charge in [0.2, 0.25) is 5.91 Å². The lowest BCUT2D eigenvalue weighted by atomic mass is 9.78. The molecule has 4 N–H and O–H groups in total. The molecule has 1 aliphatic rings. The third kappa shape index (κ3) is 6.76. The molecule has 1 saturated carbocycles. The molecule has 0 saturated heterocycles. The van der Waals surface area contributed by atoms with Crippen molar-refractivity contribution in [3.05, 3.63) is 41.0 Å². The fourth-order valence-corrected chi connectivity index (χ4v) is 4.99. The van der Waals surface area contributed by atoms with Crippen LogP contribution in [0.1, 0.15) is 57.8 Å². The van der Waals surface area contributed by atoms with E-state index in [4.69, 9.17) is 5.73 Å². The molecule has 6 nitrogen and oxygen atoms in total. The monoisotopic (exact) mass is 515 g/mol. The summed E-state index contributed by atoms with van der Waals surface area (Å²) < 4.78 is 0. The third-order valence-electron chi connectivity index (χ3n) is 6.26. The van der Waals surface area contributed by atoms with Crippen LogP contribution in [0.2, 0.25) is 0 Å². The molecule has 0 bridgehead atoms. The molecule has 1 amide bonds. The lowest BCUT2D eigenvalue weighted by Gasteiger charge is -2.30. The quantitative estimate of drug-likeness (QED) is 0.526. The molecule has 2 aromatic rings. The van der Waals surface area contributed by atoms with Gasteiger partial charge in [-0.25, -0.2) is 4.98 Å². The first kappa shape index (κ1) is 29.5. The lowest BCUT2D eigenvalue weighted by molar-refractivity contribution is -0.134. The maximum absolute atomic E-state index is 13.0. The molecule has 1 aromatic carbocycles. The number of hydrogen-bond donors (Lipinski definition) is 3. The second-order valence-electron chi connectivity index (χ2n) is 9.70. The molecule has 3 rings (SSSR count). The van der Waals surface area contributed by atoms with E-state index in [1.54, 1.807) is 11.3 Å². The normalized spacial score (nSPS) is 22.0. The van der Waals surface area contributed by atoms with Gasteiger partial charge in [0.05, 0.1) is 40.2 Å². The van der Waals surface area contributed by atoms with Gasteiger partial charge in [-0.1, -0.05) is 45.0 Å². The van der Waals surface area contributed by atoms with E-state index in [1.165, 1.54) is 0 Å². The Kier molecular flexibility index (Phi) is 10.5. The first-order valence-electron chi connectivity index (χ1n) is 10.8. The average molecular weight is 517 g/mol. The SMILES string of the molecule is Cc1ncsc1-c1ccc([C@@H](C)NC(=O)[C@@H]2C[C@@H](O)CC2C(=O)[C@@H](N)C(C)(C)C)cc1.Cl.Cl. The number of carbonyl (C=O) groups is 2. The van der Waals surface area contributed by atoms with Crippen LogP contribution in [-0.2, 0) is 9.59 Å². The van der Waals surface area contributed by atoms with Crippen LogP contribution in [0.4, 0.5) is 0 Å². The number of thiazole rings is 1. The molecular formula is C24H35Cl2N3O3S. The Bertz CT molecular complexity index is 943. The second-order valence-corrected chi connectivity index (χ2v) is 10.6. The van der Waals surface area contributed by atoms with Crippen molar-refractivity contribution in [1.29, 1.82) is 0 Å². The first-order chi connectivity index (χ1) is 14.5. The smallest absolute Gasteiger partial charge is 0.224 e. The highest BCUT2D eigenvalue weighted by molar-refractivity contribution is 7.13. The molecule has 5 atom stereocenters. The van der Waals surface area contributed by atoms with E-state index >= 15 is 0 Å². The van der Waals surface area contributed by atoms with Gasteiger partial charge >= 0.3 is 0 Å². The van der Waals surface area contributed by atoms with Crippen molar-refractivity contribution in [2.45, 2.75) is 65.6 Å². The Morgan fingerprint density at radius 3 is 2.24 bits per heavy atom. The molecular weight excluding hydrogens is 481 g/mol. The maximum Gasteiger partial charge on any atom is 0.224 e. The summed E-state index contributed by atoms with van der Waals surface area (Å²) in [5, 5.41) is 13.2. The number of nitrogens with zero attached hydrogens (tertiary/aromatic N) is 1. The molecule has 0 aliphatic heterocycles. The summed E-state index contributed by atoms with van der Waals surface area (Å²) in [5.74, 6) is -1.45. The second kappa shape index (κ2) is 11.8. The van der Waals surface area contributed by atoms with E-state index in [9.17, 15) is 14.7 Å². The zero-order valence-corrected chi connectivity index (χ0v) is 22.2. The Morgan fingerprint density at radius 2 is 1.73 bits per heavy atom. The number of aromatic nitrogens is 1. The van der Waals surface area contributed by atoms with Gasteiger partial charge in [0.25, 0.3) is 0 Å². The van der Waals surface area contributed by atoms with Crippen LogP contribution < -0.4 is 11.1 Å². The minimum Gasteiger partial charge on any atom is -0.393 e. The zero-order valence-electron chi connectivity index (χ0n) is 19.7. The highest BCUT2D eigenvalue weighted by Gasteiger charge is 2.45. The number of carbonyl (C=O) groups excluding carboxylic acids is 2. The van der Waals surface area contributed by atoms with Gasteiger partial charge in [0.1, 0.15) is 0 Å². The van der Waals surface area contributed by atoms with Gasteiger partial charge in [-0.05, 0) is 43.2 Å². The third-order valence-corrected chi connectivity index (χ3v) is 7.23. The van der Waals surface area contributed by atoms with Gasteiger partial charge in [-0.2, -0.15) is 0 Å². The summed E-state index contributed by atoms with van der Waals surface area (Å²) in [7, 11) is 0. The summed E-state index contributed by atoms with van der Waals surface area (Å²) in [6.07, 6.45) is -0.0815. The lowest BCUT2D eigenvalue weighted by Crippen LogP contribution is -2.48. The maximum atomic E-state index is 13.0. The molecule has 0 spiro atoms. The standard InChI is InChI=1S/C24H33N3O3S.2ClH/c1-13(15-6-8-16(9-7-15)21-14(2)26-12-31-21)27-23(30)19-11-17(28)10-18(19)20(29)22(25)24(3,4)5;;/h6-9,12-13,17-19,22,28H,10-11,25H2,1-5H3,(H,27,30);2*1H/t13-,17+,18?,19-,22-;;/m1../s1. The Morgan fingerprint density at radius 1 is 1.15 bits per heavy atom.